The summed E-state index contributed by atoms with van der Waals surface area (Å²) in [7, 11) is 1.75. The Balaban J connectivity index is 0.624. The number of halogens is 2. The number of hydrogen-bond acceptors (Lipinski definition) is 14. The van der Waals surface area contributed by atoms with Gasteiger partial charge < -0.3 is 24.0 Å². The molecule has 10 heterocycles. The normalized spacial score (nSPS) is 24.1. The third-order valence-electron chi connectivity index (χ3n) is 20.0. The molecule has 21 heteroatoms. The second-order valence-corrected chi connectivity index (χ2v) is 26.4. The number of carbonyl (C=O) groups excluding carboxylic acids is 4. The summed E-state index contributed by atoms with van der Waals surface area (Å²) in [6.45, 7) is 11.8. The number of benzene rings is 3. The molecule has 2 bridgehead atoms. The fourth-order valence-electron chi connectivity index (χ4n) is 15.6. The summed E-state index contributed by atoms with van der Waals surface area (Å²) in [5, 5.41) is 3.79. The topological polar surface area (TPSA) is 190 Å². The lowest BCUT2D eigenvalue weighted by atomic mass is 9.85. The first-order valence-corrected chi connectivity index (χ1v) is 31.3. The predicted octanol–water partition coefficient (Wildman–Crippen LogP) is 9.24. The van der Waals surface area contributed by atoms with E-state index in [1.54, 1.807) is 46.6 Å². The van der Waals surface area contributed by atoms with Gasteiger partial charge in [0.05, 0.1) is 39.6 Å². The summed E-state index contributed by atoms with van der Waals surface area (Å²) < 4.78 is 54.5. The number of nitrogens with one attached hydrogen (secondary N) is 1. The van der Waals surface area contributed by atoms with Gasteiger partial charge >= 0.3 is 23.9 Å². The Kier molecular flexibility index (Phi) is 15.7. The van der Waals surface area contributed by atoms with Crippen molar-refractivity contribution in [3.8, 4) is 29.6 Å². The minimum absolute atomic E-state index is 0.00211. The number of rotatable bonds is 13. The number of aryl methyl sites for hydroxylation is 1. The van der Waals surface area contributed by atoms with E-state index in [0.717, 1.165) is 108 Å². The number of para-hydroxylation sites is 1. The minimum atomic E-state index is -0.722. The molecular weight excluding hydrogens is 1110 g/mol. The van der Waals surface area contributed by atoms with Gasteiger partial charge in [0.2, 0.25) is 11.8 Å². The van der Waals surface area contributed by atoms with E-state index in [1.165, 1.54) is 6.07 Å². The zero-order chi connectivity index (χ0) is 60.5. The summed E-state index contributed by atoms with van der Waals surface area (Å²) >= 11 is 0. The Morgan fingerprint density at radius 1 is 0.851 bits per heavy atom. The number of terminal acetylenes is 1. The number of piperazine rings is 1. The Morgan fingerprint density at radius 3 is 2.31 bits per heavy atom. The molecule has 4 amide bonds. The maximum atomic E-state index is 17.5. The molecule has 87 heavy (non-hydrogen) atoms. The van der Waals surface area contributed by atoms with Gasteiger partial charge in [-0.3, -0.25) is 43.7 Å². The molecule has 7 saturated heterocycles. The number of imidazole rings is 1. The molecule has 3 aromatic carbocycles. The number of carbonyl (C=O) groups is 4. The van der Waals surface area contributed by atoms with E-state index < -0.39 is 29.2 Å². The van der Waals surface area contributed by atoms with Crippen LogP contribution >= 0.6 is 0 Å². The maximum absolute atomic E-state index is 17.5. The number of piperidine rings is 3. The van der Waals surface area contributed by atoms with Crippen molar-refractivity contribution in [1.29, 1.82) is 0 Å². The number of nitrogens with zero attached hydrogens (tertiary/aromatic N) is 10. The number of likely N-dealkylation sites (tertiary alicyclic amines) is 2. The standard InChI is InChI=1S/C66H77F2N11O8/c1-6-47-50(67)19-16-42-10-7-12-48(54(42)47)56-55(68)57-49(34-69-56)59(76-36-44-17-18-45(37-76)78(44)64(84)87-65(2,3)4)72-61(71-57)86-39-66-27-9-29-77(66)46(22-28-66)38-85-63(83)75-32-25-41(26-33-75)15-14-40-23-30-74(31-24-40)35-43-11-8-13-51-58(43)73(5)62(82)79(51)52-20-21-53(80)70-60(52)81/h1,7-8,10-13,16,19,34,40-41,44-46,52H,9,14-15,17-18,20-33,35-39H2,2-5H3,(H,70,80,81)/t44?,45?,46-,52?,66-/m0/s1. The lowest BCUT2D eigenvalue weighted by molar-refractivity contribution is -0.135. The highest BCUT2D eigenvalue weighted by Gasteiger charge is 2.51. The number of anilines is 1. The third kappa shape index (κ3) is 11.1. The van der Waals surface area contributed by atoms with Crippen molar-refractivity contribution in [2.45, 2.75) is 153 Å². The van der Waals surface area contributed by atoms with Crippen LogP contribution in [0.5, 0.6) is 6.01 Å². The Bertz CT molecular complexity index is 3790. The number of pyridine rings is 1. The van der Waals surface area contributed by atoms with Crippen molar-refractivity contribution < 1.29 is 42.2 Å². The van der Waals surface area contributed by atoms with Gasteiger partial charge in [0, 0.05) is 69.4 Å². The fraction of sp³-hybridized carbons (Fsp3) is 0.545. The van der Waals surface area contributed by atoms with Gasteiger partial charge in [-0.05, 0) is 146 Å². The highest BCUT2D eigenvalue weighted by atomic mass is 19.1. The van der Waals surface area contributed by atoms with Crippen LogP contribution in [0.3, 0.4) is 0 Å². The van der Waals surface area contributed by atoms with Crippen molar-refractivity contribution in [2.24, 2.45) is 18.9 Å². The third-order valence-corrected chi connectivity index (χ3v) is 20.0. The molecule has 458 valence electrons. The zero-order valence-electron chi connectivity index (χ0n) is 50.2. The van der Waals surface area contributed by atoms with E-state index in [4.69, 9.17) is 30.6 Å². The van der Waals surface area contributed by atoms with Crippen LogP contribution in [0.4, 0.5) is 24.2 Å². The smallest absolute Gasteiger partial charge is 0.410 e. The van der Waals surface area contributed by atoms with E-state index >= 15 is 8.78 Å². The first-order valence-electron chi connectivity index (χ1n) is 31.3. The number of amides is 4. The average molecular weight is 1190 g/mol. The van der Waals surface area contributed by atoms with Crippen molar-refractivity contribution in [2.75, 3.05) is 63.9 Å². The van der Waals surface area contributed by atoms with Gasteiger partial charge in [-0.1, -0.05) is 55.2 Å². The lowest BCUT2D eigenvalue weighted by Crippen LogP contribution is -2.57. The van der Waals surface area contributed by atoms with Crippen LogP contribution in [-0.2, 0) is 32.7 Å². The van der Waals surface area contributed by atoms with Crippen molar-refractivity contribution in [3.05, 3.63) is 88.0 Å². The molecule has 0 radical (unpaired) electrons. The van der Waals surface area contributed by atoms with Crippen LogP contribution in [-0.4, -0.2) is 156 Å². The number of aromatic nitrogens is 5. The SMILES string of the molecule is C#Cc1c(F)ccc2cccc(-c3ncc4c(N5CC6CCC(C5)N6C(=O)OC(C)(C)C)nc(OC[C@@]56CCCN5[C@H](COC(=O)N5CCC(CCC7CCN(Cc8cccc9c8n(C)c(=O)n9C8CCC(=O)NC8=O)CC7)CC5)CC6)nc4c3F)c12. The maximum Gasteiger partial charge on any atom is 0.410 e. The van der Waals surface area contributed by atoms with Gasteiger partial charge in [-0.25, -0.2) is 23.2 Å². The van der Waals surface area contributed by atoms with Crippen LogP contribution in [0.1, 0.15) is 128 Å². The Hall–Kier alpha value is -7.70. The van der Waals surface area contributed by atoms with Crippen LogP contribution in [0.15, 0.2) is 59.5 Å². The molecule has 0 saturated carbocycles. The average Bonchev–Trinajstić information content (AvgIpc) is 1.83. The first kappa shape index (κ1) is 58.3. The summed E-state index contributed by atoms with van der Waals surface area (Å²) in [5.41, 5.74) is 1.62. The van der Waals surface area contributed by atoms with Crippen LogP contribution in [0, 0.1) is 35.8 Å². The van der Waals surface area contributed by atoms with Crippen molar-refractivity contribution in [3.63, 3.8) is 0 Å². The first-order chi connectivity index (χ1) is 41.9. The highest BCUT2D eigenvalue weighted by molar-refractivity contribution is 6.02. The van der Waals surface area contributed by atoms with Crippen LogP contribution in [0.2, 0.25) is 0 Å². The number of fused-ring (bicyclic) bond motifs is 6. The fourth-order valence-corrected chi connectivity index (χ4v) is 15.6. The van der Waals surface area contributed by atoms with E-state index in [9.17, 15) is 24.0 Å². The zero-order valence-corrected chi connectivity index (χ0v) is 50.2. The molecule has 3 aromatic heterocycles. The monoisotopic (exact) mass is 1190 g/mol. The second kappa shape index (κ2) is 23.4. The van der Waals surface area contributed by atoms with Gasteiger partial charge in [0.25, 0.3) is 0 Å². The molecule has 0 spiro atoms. The lowest BCUT2D eigenvalue weighted by Gasteiger charge is -2.42. The molecule has 19 nitrogen and oxygen atoms in total. The predicted molar refractivity (Wildman–Crippen MR) is 324 cm³/mol. The van der Waals surface area contributed by atoms with E-state index in [-0.39, 0.29) is 89.9 Å². The molecule has 1 N–H and O–H groups in total. The largest absolute Gasteiger partial charge is 0.461 e. The molecule has 3 unspecified atom stereocenters. The summed E-state index contributed by atoms with van der Waals surface area (Å²) in [5.74, 6) is 2.04. The minimum Gasteiger partial charge on any atom is -0.461 e. The Labute approximate surface area is 504 Å². The molecule has 7 fully saturated rings. The van der Waals surface area contributed by atoms with E-state index in [0.29, 0.717) is 84.0 Å². The van der Waals surface area contributed by atoms with Gasteiger partial charge in [-0.2, -0.15) is 9.97 Å². The molecule has 7 aliphatic heterocycles. The van der Waals surface area contributed by atoms with Crippen LogP contribution in [0.25, 0.3) is 44.0 Å². The van der Waals surface area contributed by atoms with Crippen LogP contribution < -0.4 is 20.6 Å². The quantitative estimate of drug-likeness (QED) is 0.0851. The number of hydrogen-bond donors (Lipinski definition) is 1. The van der Waals surface area contributed by atoms with E-state index in [1.807, 2.05) is 42.7 Å². The van der Waals surface area contributed by atoms with E-state index in [2.05, 4.69) is 37.0 Å². The molecule has 7 aliphatic rings. The highest BCUT2D eigenvalue weighted by Crippen LogP contribution is 2.45. The van der Waals surface area contributed by atoms with Gasteiger partial charge in [0.1, 0.15) is 47.7 Å². The molecule has 5 atom stereocenters. The summed E-state index contributed by atoms with van der Waals surface area (Å²) in [4.78, 5) is 90.5. The van der Waals surface area contributed by atoms with Crippen molar-refractivity contribution in [1.82, 2.24) is 49.0 Å². The Morgan fingerprint density at radius 2 is 1.59 bits per heavy atom. The van der Waals surface area contributed by atoms with Gasteiger partial charge in [0.15, 0.2) is 5.82 Å². The molecule has 0 aliphatic carbocycles. The molecule has 13 rings (SSSR count). The second-order valence-electron chi connectivity index (χ2n) is 26.4. The number of imide groups is 1. The van der Waals surface area contributed by atoms with Crippen molar-refractivity contribution >= 4 is 62.5 Å². The summed E-state index contributed by atoms with van der Waals surface area (Å²) in [6.07, 6.45) is 18.7. The molecule has 6 aromatic rings. The summed E-state index contributed by atoms with van der Waals surface area (Å²) in [6, 6.07) is 13.0. The number of ether oxygens (including phenoxy) is 3. The van der Waals surface area contributed by atoms with Gasteiger partial charge in [-0.15, -0.1) is 6.42 Å². The molecular formula is C66H77F2N11O8.